The lowest BCUT2D eigenvalue weighted by Gasteiger charge is -2.28. The van der Waals surface area contributed by atoms with Gasteiger partial charge in [-0.1, -0.05) is 34.1 Å². The predicted molar refractivity (Wildman–Crippen MR) is 48.7 cm³/mol. The first-order valence-corrected chi connectivity index (χ1v) is 4.80. The first-order valence-electron chi connectivity index (χ1n) is 4.80. The average Bonchev–Trinajstić information content (AvgIpc) is 2.59. The number of aliphatic hydroxyl groups excluding tert-OH is 1. The zero-order chi connectivity index (χ0) is 9.35. The van der Waals surface area contributed by atoms with Gasteiger partial charge in [-0.15, -0.1) is 0 Å². The number of aliphatic hydroxyl groups is 1. The van der Waals surface area contributed by atoms with Gasteiger partial charge >= 0.3 is 0 Å². The summed E-state index contributed by atoms with van der Waals surface area (Å²) in [6.07, 6.45) is 1.92. The Morgan fingerprint density at radius 3 is 2.17 bits per heavy atom. The molecule has 0 saturated carbocycles. The lowest BCUT2D eigenvalue weighted by Crippen LogP contribution is -2.26. The van der Waals surface area contributed by atoms with Crippen LogP contribution in [0.3, 0.4) is 0 Å². The Hall–Kier alpha value is -0.0800. The van der Waals surface area contributed by atoms with Gasteiger partial charge in [-0.25, -0.2) is 0 Å². The average molecular weight is 172 g/mol. The molecule has 0 aliphatic carbocycles. The molecule has 0 radical (unpaired) electrons. The molecular weight excluding hydrogens is 152 g/mol. The van der Waals surface area contributed by atoms with Crippen LogP contribution in [0.2, 0.25) is 0 Å². The highest BCUT2D eigenvalue weighted by atomic mass is 16.7. The first kappa shape index (κ1) is 10.0. The van der Waals surface area contributed by atoms with Crippen LogP contribution in [0.15, 0.2) is 0 Å². The standard InChI is InChI=1S/C10H20O2/c1-5-6-7(10(2,3)4)8-9(11)12-8/h7-9,11H,5-6H2,1-4H3. The van der Waals surface area contributed by atoms with Crippen LogP contribution in [0.1, 0.15) is 40.5 Å². The van der Waals surface area contributed by atoms with Gasteiger partial charge in [0.15, 0.2) is 6.29 Å². The largest absolute Gasteiger partial charge is 0.366 e. The predicted octanol–water partition coefficient (Wildman–Crippen LogP) is 2.17. The molecule has 1 N–H and O–H groups in total. The van der Waals surface area contributed by atoms with E-state index in [-0.39, 0.29) is 11.5 Å². The summed E-state index contributed by atoms with van der Waals surface area (Å²) in [5, 5.41) is 9.16. The Balaban J connectivity index is 2.50. The van der Waals surface area contributed by atoms with E-state index in [4.69, 9.17) is 9.84 Å². The van der Waals surface area contributed by atoms with Crippen LogP contribution in [-0.4, -0.2) is 17.5 Å². The van der Waals surface area contributed by atoms with E-state index in [0.29, 0.717) is 5.92 Å². The van der Waals surface area contributed by atoms with Crippen molar-refractivity contribution in [2.75, 3.05) is 0 Å². The molecule has 3 unspecified atom stereocenters. The maximum absolute atomic E-state index is 9.16. The van der Waals surface area contributed by atoms with Crippen LogP contribution >= 0.6 is 0 Å². The minimum atomic E-state index is -0.485. The smallest absolute Gasteiger partial charge is 0.182 e. The Morgan fingerprint density at radius 2 is 1.92 bits per heavy atom. The third kappa shape index (κ3) is 2.20. The molecule has 1 aliphatic rings. The van der Waals surface area contributed by atoms with Gasteiger partial charge in [0.25, 0.3) is 0 Å². The molecule has 72 valence electrons. The van der Waals surface area contributed by atoms with Gasteiger partial charge in [0.2, 0.25) is 0 Å². The van der Waals surface area contributed by atoms with Gasteiger partial charge in [-0.05, 0) is 17.8 Å². The SMILES string of the molecule is CCCC(C1OC1O)C(C)(C)C. The number of epoxide rings is 1. The highest BCUT2D eigenvalue weighted by molar-refractivity contribution is 4.89. The van der Waals surface area contributed by atoms with E-state index in [1.54, 1.807) is 0 Å². The molecule has 2 nitrogen and oxygen atoms in total. The maximum Gasteiger partial charge on any atom is 0.182 e. The summed E-state index contributed by atoms with van der Waals surface area (Å²) in [6.45, 7) is 8.80. The summed E-state index contributed by atoms with van der Waals surface area (Å²) in [6, 6.07) is 0. The molecule has 0 aromatic heterocycles. The fourth-order valence-corrected chi connectivity index (χ4v) is 1.81. The zero-order valence-corrected chi connectivity index (χ0v) is 8.50. The molecule has 2 heteroatoms. The zero-order valence-electron chi connectivity index (χ0n) is 8.50. The van der Waals surface area contributed by atoms with Crippen molar-refractivity contribution in [1.82, 2.24) is 0 Å². The van der Waals surface area contributed by atoms with Gasteiger partial charge in [0.05, 0.1) is 0 Å². The van der Waals surface area contributed by atoms with Gasteiger partial charge in [-0.2, -0.15) is 0 Å². The minimum Gasteiger partial charge on any atom is -0.366 e. The van der Waals surface area contributed by atoms with Crippen molar-refractivity contribution in [3.63, 3.8) is 0 Å². The molecule has 0 aromatic rings. The van der Waals surface area contributed by atoms with Crippen molar-refractivity contribution < 1.29 is 9.84 Å². The molecule has 1 fully saturated rings. The van der Waals surface area contributed by atoms with E-state index >= 15 is 0 Å². The van der Waals surface area contributed by atoms with E-state index in [2.05, 4.69) is 27.7 Å². The fourth-order valence-electron chi connectivity index (χ4n) is 1.81. The van der Waals surface area contributed by atoms with Crippen LogP contribution in [-0.2, 0) is 4.74 Å². The summed E-state index contributed by atoms with van der Waals surface area (Å²) in [5.41, 5.74) is 0.248. The molecule has 0 spiro atoms. The van der Waals surface area contributed by atoms with Crippen molar-refractivity contribution in [3.05, 3.63) is 0 Å². The van der Waals surface area contributed by atoms with Crippen molar-refractivity contribution >= 4 is 0 Å². The van der Waals surface area contributed by atoms with Gasteiger partial charge in [0, 0.05) is 0 Å². The Bertz CT molecular complexity index is 148. The number of ether oxygens (including phenoxy) is 1. The summed E-state index contributed by atoms with van der Waals surface area (Å²) >= 11 is 0. The van der Waals surface area contributed by atoms with Crippen molar-refractivity contribution in [2.45, 2.75) is 52.9 Å². The second-order valence-electron chi connectivity index (χ2n) is 4.75. The summed E-state index contributed by atoms with van der Waals surface area (Å²) < 4.78 is 5.11. The topological polar surface area (TPSA) is 32.8 Å². The Morgan fingerprint density at radius 1 is 1.42 bits per heavy atom. The number of hydrogen-bond donors (Lipinski definition) is 1. The quantitative estimate of drug-likeness (QED) is 0.662. The van der Waals surface area contributed by atoms with Crippen LogP contribution in [0, 0.1) is 11.3 Å². The molecule has 0 aromatic carbocycles. The lowest BCUT2D eigenvalue weighted by atomic mass is 9.76. The molecule has 12 heavy (non-hydrogen) atoms. The molecular formula is C10H20O2. The van der Waals surface area contributed by atoms with E-state index < -0.39 is 6.29 Å². The van der Waals surface area contributed by atoms with Gasteiger partial charge in [0.1, 0.15) is 6.10 Å². The molecule has 1 saturated heterocycles. The van der Waals surface area contributed by atoms with Gasteiger partial charge in [-0.3, -0.25) is 0 Å². The van der Waals surface area contributed by atoms with Crippen molar-refractivity contribution in [3.8, 4) is 0 Å². The molecule has 1 rings (SSSR count). The molecule has 1 heterocycles. The molecule has 1 aliphatic heterocycles. The van der Waals surface area contributed by atoms with E-state index in [9.17, 15) is 0 Å². The second kappa shape index (κ2) is 3.35. The van der Waals surface area contributed by atoms with E-state index in [1.807, 2.05) is 0 Å². The number of rotatable bonds is 3. The fraction of sp³-hybridized carbons (Fsp3) is 1.00. The Kier molecular flexibility index (Phi) is 2.79. The second-order valence-corrected chi connectivity index (χ2v) is 4.75. The van der Waals surface area contributed by atoms with E-state index in [1.165, 1.54) is 0 Å². The normalized spacial score (nSPS) is 31.8. The third-order valence-corrected chi connectivity index (χ3v) is 2.61. The first-order chi connectivity index (χ1) is 5.46. The van der Waals surface area contributed by atoms with Crippen LogP contribution in [0.4, 0.5) is 0 Å². The minimum absolute atomic E-state index is 0.102. The highest BCUT2D eigenvalue weighted by Crippen LogP contribution is 2.41. The summed E-state index contributed by atoms with van der Waals surface area (Å²) in [5.74, 6) is 0.498. The third-order valence-electron chi connectivity index (χ3n) is 2.61. The van der Waals surface area contributed by atoms with Crippen LogP contribution in [0.5, 0.6) is 0 Å². The number of hydrogen-bond acceptors (Lipinski definition) is 2. The molecule has 0 bridgehead atoms. The lowest BCUT2D eigenvalue weighted by molar-refractivity contribution is 0.151. The molecule has 0 amide bonds. The van der Waals surface area contributed by atoms with Crippen LogP contribution in [0.25, 0.3) is 0 Å². The highest BCUT2D eigenvalue weighted by Gasteiger charge is 2.47. The monoisotopic (exact) mass is 172 g/mol. The van der Waals surface area contributed by atoms with E-state index in [0.717, 1.165) is 12.8 Å². The maximum atomic E-state index is 9.16. The summed E-state index contributed by atoms with van der Waals surface area (Å²) in [4.78, 5) is 0. The summed E-state index contributed by atoms with van der Waals surface area (Å²) in [7, 11) is 0. The van der Waals surface area contributed by atoms with Crippen LogP contribution < -0.4 is 0 Å². The Labute approximate surface area is 74.9 Å². The van der Waals surface area contributed by atoms with Gasteiger partial charge < -0.3 is 9.84 Å². The van der Waals surface area contributed by atoms with Crippen molar-refractivity contribution in [2.24, 2.45) is 11.3 Å². The molecule has 3 atom stereocenters. The van der Waals surface area contributed by atoms with Crippen molar-refractivity contribution in [1.29, 1.82) is 0 Å².